The number of carbonyl (C=O) groups is 1. The molecule has 6 nitrogen and oxygen atoms in total. The first-order valence-corrected chi connectivity index (χ1v) is 5.77. The number of carbonyl (C=O) groups excluding carboxylic acids is 1. The van der Waals surface area contributed by atoms with Gasteiger partial charge in [-0.05, 0) is 25.0 Å². The van der Waals surface area contributed by atoms with Gasteiger partial charge >= 0.3 is 0 Å². The van der Waals surface area contributed by atoms with Crippen molar-refractivity contribution in [3.05, 3.63) is 33.9 Å². The lowest BCUT2D eigenvalue weighted by atomic mass is 10.1. The van der Waals surface area contributed by atoms with Gasteiger partial charge in [-0.25, -0.2) is 0 Å². The maximum atomic E-state index is 11.7. The summed E-state index contributed by atoms with van der Waals surface area (Å²) in [6.07, 6.45) is 1.33. The Kier molecular flexibility index (Phi) is 4.79. The molecule has 98 valence electrons. The molecule has 0 radical (unpaired) electrons. The molecule has 0 spiro atoms. The zero-order valence-electron chi connectivity index (χ0n) is 10.5. The van der Waals surface area contributed by atoms with E-state index in [0.717, 1.165) is 12.0 Å². The fraction of sp³-hybridized carbons (Fsp3) is 0.417. The molecule has 1 atom stereocenters. The number of nitrogens with one attached hydrogen (secondary N) is 1. The van der Waals surface area contributed by atoms with Gasteiger partial charge in [0.1, 0.15) is 5.69 Å². The van der Waals surface area contributed by atoms with Crippen LogP contribution < -0.4 is 11.1 Å². The number of nitro groups is 1. The monoisotopic (exact) mass is 251 g/mol. The van der Waals surface area contributed by atoms with Crippen molar-refractivity contribution in [1.29, 1.82) is 0 Å². The highest BCUT2D eigenvalue weighted by atomic mass is 16.6. The third-order valence-corrected chi connectivity index (χ3v) is 2.54. The molecule has 0 aliphatic rings. The standard InChI is InChI=1S/C12H17N3O3/c1-3-4-9(13)12(16)14-10-6-5-8(2)7-11(10)15(17)18/h5-7,9H,3-4,13H2,1-2H3,(H,14,16)/t9-/m0/s1. The van der Waals surface area contributed by atoms with Crippen molar-refractivity contribution >= 4 is 17.3 Å². The molecule has 0 bridgehead atoms. The fourth-order valence-corrected chi connectivity index (χ4v) is 1.57. The van der Waals surface area contributed by atoms with E-state index < -0.39 is 16.9 Å². The summed E-state index contributed by atoms with van der Waals surface area (Å²) in [7, 11) is 0. The van der Waals surface area contributed by atoms with Crippen LogP contribution in [0.4, 0.5) is 11.4 Å². The van der Waals surface area contributed by atoms with Gasteiger partial charge in [0.15, 0.2) is 0 Å². The van der Waals surface area contributed by atoms with Gasteiger partial charge in [0.2, 0.25) is 5.91 Å². The Balaban J connectivity index is 2.90. The van der Waals surface area contributed by atoms with Gasteiger partial charge in [-0.1, -0.05) is 19.4 Å². The maximum Gasteiger partial charge on any atom is 0.293 e. The van der Waals surface area contributed by atoms with E-state index in [4.69, 9.17) is 5.73 Å². The molecule has 3 N–H and O–H groups in total. The number of rotatable bonds is 5. The number of amides is 1. The molecule has 0 aliphatic heterocycles. The summed E-state index contributed by atoms with van der Waals surface area (Å²) >= 11 is 0. The van der Waals surface area contributed by atoms with Crippen molar-refractivity contribution in [2.75, 3.05) is 5.32 Å². The van der Waals surface area contributed by atoms with E-state index in [2.05, 4.69) is 5.32 Å². The fourth-order valence-electron chi connectivity index (χ4n) is 1.57. The summed E-state index contributed by atoms with van der Waals surface area (Å²) in [6, 6.07) is 4.00. The van der Waals surface area contributed by atoms with E-state index in [9.17, 15) is 14.9 Å². The molecule has 0 heterocycles. The van der Waals surface area contributed by atoms with E-state index in [1.807, 2.05) is 6.92 Å². The topological polar surface area (TPSA) is 98.3 Å². The van der Waals surface area contributed by atoms with Crippen molar-refractivity contribution in [2.45, 2.75) is 32.7 Å². The quantitative estimate of drug-likeness (QED) is 0.617. The Bertz CT molecular complexity index is 460. The summed E-state index contributed by atoms with van der Waals surface area (Å²) < 4.78 is 0. The Morgan fingerprint density at radius 2 is 2.22 bits per heavy atom. The molecule has 0 aliphatic carbocycles. The zero-order chi connectivity index (χ0) is 13.7. The molecule has 1 amide bonds. The van der Waals surface area contributed by atoms with Gasteiger partial charge in [0, 0.05) is 6.07 Å². The predicted octanol–water partition coefficient (Wildman–Crippen LogP) is 1.97. The SMILES string of the molecule is CCC[C@H](N)C(=O)Nc1ccc(C)cc1[N+](=O)[O-]. The Labute approximate surface area is 105 Å². The Morgan fingerprint density at radius 3 is 2.78 bits per heavy atom. The van der Waals surface area contributed by atoms with E-state index in [0.29, 0.717) is 6.42 Å². The minimum atomic E-state index is -0.643. The third kappa shape index (κ3) is 3.53. The number of benzene rings is 1. The molecule has 0 saturated carbocycles. The number of anilines is 1. The van der Waals surface area contributed by atoms with Crippen molar-refractivity contribution in [3.63, 3.8) is 0 Å². The summed E-state index contributed by atoms with van der Waals surface area (Å²) in [5, 5.41) is 13.4. The van der Waals surface area contributed by atoms with Crippen LogP contribution in [0.25, 0.3) is 0 Å². The predicted molar refractivity (Wildman–Crippen MR) is 69.3 cm³/mol. The lowest BCUT2D eigenvalue weighted by Crippen LogP contribution is -2.35. The number of nitrogens with two attached hydrogens (primary N) is 1. The van der Waals surface area contributed by atoms with Gasteiger partial charge < -0.3 is 11.1 Å². The van der Waals surface area contributed by atoms with Crippen LogP contribution in [0.3, 0.4) is 0 Å². The minimum absolute atomic E-state index is 0.118. The summed E-state index contributed by atoms with van der Waals surface area (Å²) in [5.74, 6) is -0.399. The first kappa shape index (κ1) is 14.1. The summed E-state index contributed by atoms with van der Waals surface area (Å²) in [4.78, 5) is 22.1. The van der Waals surface area contributed by atoms with Crippen LogP contribution in [0.5, 0.6) is 0 Å². The molecule has 6 heteroatoms. The van der Waals surface area contributed by atoms with Crippen LogP contribution in [0.2, 0.25) is 0 Å². The average molecular weight is 251 g/mol. The molecule has 0 saturated heterocycles. The van der Waals surface area contributed by atoms with E-state index in [1.165, 1.54) is 12.1 Å². The van der Waals surface area contributed by atoms with Gasteiger partial charge in [-0.3, -0.25) is 14.9 Å². The number of hydrogen-bond donors (Lipinski definition) is 2. The first-order chi connectivity index (χ1) is 8.45. The molecule has 1 aromatic carbocycles. The Morgan fingerprint density at radius 1 is 1.56 bits per heavy atom. The molecule has 18 heavy (non-hydrogen) atoms. The molecule has 0 fully saturated rings. The zero-order valence-corrected chi connectivity index (χ0v) is 10.5. The normalized spacial score (nSPS) is 11.9. The van der Waals surface area contributed by atoms with E-state index in [-0.39, 0.29) is 11.4 Å². The van der Waals surface area contributed by atoms with E-state index >= 15 is 0 Å². The van der Waals surface area contributed by atoms with Crippen LogP contribution in [-0.2, 0) is 4.79 Å². The lowest BCUT2D eigenvalue weighted by Gasteiger charge is -2.11. The molecule has 1 aromatic rings. The van der Waals surface area contributed by atoms with Gasteiger partial charge in [-0.15, -0.1) is 0 Å². The Hall–Kier alpha value is -1.95. The first-order valence-electron chi connectivity index (χ1n) is 5.77. The summed E-state index contributed by atoms with van der Waals surface area (Å²) in [6.45, 7) is 3.67. The minimum Gasteiger partial charge on any atom is -0.320 e. The number of nitrogens with zero attached hydrogens (tertiary/aromatic N) is 1. The average Bonchev–Trinajstić information content (AvgIpc) is 2.31. The van der Waals surface area contributed by atoms with Crippen LogP contribution in [-0.4, -0.2) is 16.9 Å². The third-order valence-electron chi connectivity index (χ3n) is 2.54. The van der Waals surface area contributed by atoms with Crippen LogP contribution in [0, 0.1) is 17.0 Å². The van der Waals surface area contributed by atoms with Crippen LogP contribution in [0.15, 0.2) is 18.2 Å². The lowest BCUT2D eigenvalue weighted by molar-refractivity contribution is -0.384. The number of aryl methyl sites for hydroxylation is 1. The maximum absolute atomic E-state index is 11.7. The van der Waals surface area contributed by atoms with Crippen molar-refractivity contribution in [3.8, 4) is 0 Å². The van der Waals surface area contributed by atoms with Crippen molar-refractivity contribution in [2.24, 2.45) is 5.73 Å². The van der Waals surface area contributed by atoms with Crippen LogP contribution >= 0.6 is 0 Å². The van der Waals surface area contributed by atoms with E-state index in [1.54, 1.807) is 13.0 Å². The number of hydrogen-bond acceptors (Lipinski definition) is 4. The van der Waals surface area contributed by atoms with Crippen molar-refractivity contribution < 1.29 is 9.72 Å². The van der Waals surface area contributed by atoms with Gasteiger partial charge in [0.25, 0.3) is 5.69 Å². The highest BCUT2D eigenvalue weighted by Gasteiger charge is 2.18. The molecule has 0 unspecified atom stereocenters. The molecule has 1 rings (SSSR count). The molecular formula is C12H17N3O3. The number of nitro benzene ring substituents is 1. The second-order valence-electron chi connectivity index (χ2n) is 4.16. The highest BCUT2D eigenvalue weighted by molar-refractivity contribution is 5.96. The summed E-state index contributed by atoms with van der Waals surface area (Å²) in [5.41, 5.74) is 6.48. The van der Waals surface area contributed by atoms with Gasteiger partial charge in [0.05, 0.1) is 11.0 Å². The largest absolute Gasteiger partial charge is 0.320 e. The highest BCUT2D eigenvalue weighted by Crippen LogP contribution is 2.25. The van der Waals surface area contributed by atoms with Gasteiger partial charge in [-0.2, -0.15) is 0 Å². The molecular weight excluding hydrogens is 234 g/mol. The smallest absolute Gasteiger partial charge is 0.293 e. The van der Waals surface area contributed by atoms with Crippen molar-refractivity contribution in [1.82, 2.24) is 0 Å². The molecule has 0 aromatic heterocycles. The second-order valence-corrected chi connectivity index (χ2v) is 4.16. The second kappa shape index (κ2) is 6.11. The van der Waals surface area contributed by atoms with Crippen LogP contribution in [0.1, 0.15) is 25.3 Å².